The quantitative estimate of drug-likeness (QED) is 0.907. The Bertz CT molecular complexity index is 405. The van der Waals surface area contributed by atoms with Gasteiger partial charge in [-0.25, -0.2) is 4.39 Å². The lowest BCUT2D eigenvalue weighted by molar-refractivity contribution is 0.0574. The summed E-state index contributed by atoms with van der Waals surface area (Å²) in [4.78, 5) is 0. The zero-order valence-corrected chi connectivity index (χ0v) is 11.2. The van der Waals surface area contributed by atoms with Gasteiger partial charge in [-0.05, 0) is 24.5 Å². The summed E-state index contributed by atoms with van der Waals surface area (Å²) in [6, 6.07) is 4.76. The summed E-state index contributed by atoms with van der Waals surface area (Å²) in [6.45, 7) is 0.829. The molecule has 1 aromatic rings. The van der Waals surface area contributed by atoms with E-state index in [1.807, 2.05) is 0 Å². The van der Waals surface area contributed by atoms with Gasteiger partial charge >= 0.3 is 0 Å². The Morgan fingerprint density at radius 1 is 1.28 bits per heavy atom. The molecule has 0 amide bonds. The molecule has 1 aliphatic rings. The van der Waals surface area contributed by atoms with Crippen molar-refractivity contribution in [3.8, 4) is 0 Å². The minimum Gasteiger partial charge on any atom is -0.375 e. The Hall–Kier alpha value is -0.640. The van der Waals surface area contributed by atoms with Crippen molar-refractivity contribution < 1.29 is 9.13 Å². The zero-order valence-electron chi connectivity index (χ0n) is 10.4. The van der Waals surface area contributed by atoms with Gasteiger partial charge in [-0.15, -0.1) is 0 Å². The van der Waals surface area contributed by atoms with Crippen molar-refractivity contribution >= 4 is 11.6 Å². The second-order valence-corrected chi connectivity index (χ2v) is 5.51. The van der Waals surface area contributed by atoms with Crippen LogP contribution in [0.3, 0.4) is 0 Å². The van der Waals surface area contributed by atoms with Crippen LogP contribution in [0.2, 0.25) is 5.02 Å². The molecule has 1 aromatic carbocycles. The van der Waals surface area contributed by atoms with Crippen molar-refractivity contribution in [3.05, 3.63) is 34.6 Å². The van der Waals surface area contributed by atoms with Crippen molar-refractivity contribution in [1.29, 1.82) is 0 Å². The minimum atomic E-state index is -0.405. The second kappa shape index (κ2) is 6.00. The summed E-state index contributed by atoms with van der Waals surface area (Å²) in [5, 5.41) is 0.146. The highest BCUT2D eigenvalue weighted by molar-refractivity contribution is 6.31. The van der Waals surface area contributed by atoms with Gasteiger partial charge in [0.15, 0.2) is 0 Å². The minimum absolute atomic E-state index is 0.146. The summed E-state index contributed by atoms with van der Waals surface area (Å²) < 4.78 is 18.8. The molecule has 2 rings (SSSR count). The summed E-state index contributed by atoms with van der Waals surface area (Å²) in [5.74, 6) is -0.405. The molecule has 100 valence electrons. The Morgan fingerprint density at radius 3 is 2.72 bits per heavy atom. The SMILES string of the molecule is NC1(COCc2cccc(F)c2Cl)CCCCC1. The van der Waals surface area contributed by atoms with E-state index >= 15 is 0 Å². The Balaban J connectivity index is 1.86. The van der Waals surface area contributed by atoms with Crippen LogP contribution in [0, 0.1) is 5.82 Å². The van der Waals surface area contributed by atoms with Crippen molar-refractivity contribution in [3.63, 3.8) is 0 Å². The Kier molecular flexibility index (Phi) is 4.60. The first-order chi connectivity index (χ1) is 8.61. The van der Waals surface area contributed by atoms with Crippen molar-refractivity contribution in [2.75, 3.05) is 6.61 Å². The van der Waals surface area contributed by atoms with E-state index in [4.69, 9.17) is 22.1 Å². The molecule has 0 saturated heterocycles. The summed E-state index contributed by atoms with van der Waals surface area (Å²) in [6.07, 6.45) is 5.60. The molecule has 4 heteroatoms. The molecule has 1 aliphatic carbocycles. The highest BCUT2D eigenvalue weighted by atomic mass is 35.5. The molecule has 1 saturated carbocycles. The van der Waals surface area contributed by atoms with Gasteiger partial charge in [0.25, 0.3) is 0 Å². The average Bonchev–Trinajstić information content (AvgIpc) is 2.35. The average molecular weight is 272 g/mol. The first-order valence-electron chi connectivity index (χ1n) is 6.40. The van der Waals surface area contributed by atoms with Crippen LogP contribution in [0.25, 0.3) is 0 Å². The van der Waals surface area contributed by atoms with E-state index in [0.717, 1.165) is 12.8 Å². The van der Waals surface area contributed by atoms with Gasteiger partial charge in [-0.2, -0.15) is 0 Å². The van der Waals surface area contributed by atoms with Crippen LogP contribution in [-0.4, -0.2) is 12.1 Å². The molecule has 0 spiro atoms. The topological polar surface area (TPSA) is 35.2 Å². The van der Waals surface area contributed by atoms with Crippen molar-refractivity contribution in [2.24, 2.45) is 5.73 Å². The molecule has 0 aromatic heterocycles. The number of rotatable bonds is 4. The monoisotopic (exact) mass is 271 g/mol. The van der Waals surface area contributed by atoms with E-state index < -0.39 is 5.82 Å². The van der Waals surface area contributed by atoms with Gasteiger partial charge in [-0.1, -0.05) is 43.0 Å². The molecule has 1 fully saturated rings. The predicted octanol–water partition coefficient (Wildman–Crippen LogP) is 3.66. The first kappa shape index (κ1) is 13.8. The molecule has 18 heavy (non-hydrogen) atoms. The van der Waals surface area contributed by atoms with Gasteiger partial charge in [0.1, 0.15) is 5.82 Å². The van der Waals surface area contributed by atoms with Crippen LogP contribution in [0.4, 0.5) is 4.39 Å². The fourth-order valence-corrected chi connectivity index (χ4v) is 2.60. The maximum atomic E-state index is 13.2. The zero-order chi connectivity index (χ0) is 13.0. The number of halogens is 2. The Labute approximate surface area is 112 Å². The fourth-order valence-electron chi connectivity index (χ4n) is 2.42. The largest absolute Gasteiger partial charge is 0.375 e. The van der Waals surface area contributed by atoms with E-state index in [-0.39, 0.29) is 10.6 Å². The molecule has 0 unspecified atom stereocenters. The van der Waals surface area contributed by atoms with Gasteiger partial charge in [0.05, 0.1) is 18.2 Å². The van der Waals surface area contributed by atoms with Crippen molar-refractivity contribution in [2.45, 2.75) is 44.2 Å². The normalized spacial score (nSPS) is 18.8. The van der Waals surface area contributed by atoms with Crippen LogP contribution in [0.5, 0.6) is 0 Å². The van der Waals surface area contributed by atoms with Crippen molar-refractivity contribution in [1.82, 2.24) is 0 Å². The molecule has 0 bridgehead atoms. The molecular weight excluding hydrogens is 253 g/mol. The second-order valence-electron chi connectivity index (χ2n) is 5.13. The molecule has 2 nitrogen and oxygen atoms in total. The lowest BCUT2D eigenvalue weighted by Crippen LogP contribution is -2.46. The maximum Gasteiger partial charge on any atom is 0.142 e. The number of nitrogens with two attached hydrogens (primary N) is 1. The molecular formula is C14H19ClFNO. The van der Waals surface area contributed by atoms with E-state index in [0.29, 0.717) is 18.8 Å². The third-order valence-corrected chi connectivity index (χ3v) is 3.95. The Morgan fingerprint density at radius 2 is 2.00 bits per heavy atom. The van der Waals surface area contributed by atoms with Gasteiger partial charge in [0.2, 0.25) is 0 Å². The van der Waals surface area contributed by atoms with Crippen LogP contribution < -0.4 is 5.73 Å². The van der Waals surface area contributed by atoms with Crippen LogP contribution in [0.15, 0.2) is 18.2 Å². The number of hydrogen-bond acceptors (Lipinski definition) is 2. The lowest BCUT2D eigenvalue weighted by Gasteiger charge is -2.33. The summed E-state index contributed by atoms with van der Waals surface area (Å²) >= 11 is 5.86. The maximum absolute atomic E-state index is 13.2. The van der Waals surface area contributed by atoms with E-state index in [2.05, 4.69) is 0 Å². The van der Waals surface area contributed by atoms with Crippen LogP contribution in [-0.2, 0) is 11.3 Å². The van der Waals surface area contributed by atoms with Crippen LogP contribution >= 0.6 is 11.6 Å². The van der Waals surface area contributed by atoms with E-state index in [9.17, 15) is 4.39 Å². The van der Waals surface area contributed by atoms with Gasteiger partial charge in [-0.3, -0.25) is 0 Å². The summed E-state index contributed by atoms with van der Waals surface area (Å²) in [5.41, 5.74) is 6.73. The molecule has 0 aliphatic heterocycles. The summed E-state index contributed by atoms with van der Waals surface area (Å²) in [7, 11) is 0. The first-order valence-corrected chi connectivity index (χ1v) is 6.78. The number of hydrogen-bond donors (Lipinski definition) is 1. The third-order valence-electron chi connectivity index (χ3n) is 3.53. The van der Waals surface area contributed by atoms with E-state index in [1.165, 1.54) is 25.3 Å². The molecule has 0 atom stereocenters. The predicted molar refractivity (Wildman–Crippen MR) is 71.1 cm³/mol. The van der Waals surface area contributed by atoms with E-state index in [1.54, 1.807) is 12.1 Å². The fraction of sp³-hybridized carbons (Fsp3) is 0.571. The smallest absolute Gasteiger partial charge is 0.142 e. The molecule has 0 radical (unpaired) electrons. The van der Waals surface area contributed by atoms with Crippen LogP contribution in [0.1, 0.15) is 37.7 Å². The molecule has 0 heterocycles. The highest BCUT2D eigenvalue weighted by Gasteiger charge is 2.27. The molecule has 2 N–H and O–H groups in total. The highest BCUT2D eigenvalue weighted by Crippen LogP contribution is 2.27. The van der Waals surface area contributed by atoms with Gasteiger partial charge in [0, 0.05) is 5.54 Å². The van der Waals surface area contributed by atoms with Gasteiger partial charge < -0.3 is 10.5 Å². The third kappa shape index (κ3) is 3.44. The standard InChI is InChI=1S/C14H19ClFNO/c15-13-11(5-4-6-12(13)16)9-18-10-14(17)7-2-1-3-8-14/h4-6H,1-3,7-10,17H2. The number of ether oxygens (including phenoxy) is 1. The lowest BCUT2D eigenvalue weighted by atomic mass is 9.83. The number of benzene rings is 1.